The number of aryl methyl sites for hydroxylation is 1. The largest absolute Gasteiger partial charge is 0.487 e. The predicted molar refractivity (Wildman–Crippen MR) is 128 cm³/mol. The molecule has 0 saturated carbocycles. The second kappa shape index (κ2) is 8.76. The molecule has 7 heteroatoms. The van der Waals surface area contributed by atoms with Crippen molar-refractivity contribution < 1.29 is 17.9 Å². The number of ether oxygens (including phenoxy) is 1. The number of nitrogens with one attached hydrogen (secondary N) is 1. The van der Waals surface area contributed by atoms with Crippen molar-refractivity contribution >= 4 is 15.7 Å². The summed E-state index contributed by atoms with van der Waals surface area (Å²) in [5, 5.41) is 2.98. The summed E-state index contributed by atoms with van der Waals surface area (Å²) in [5.74, 6) is -0.141. The van der Waals surface area contributed by atoms with E-state index >= 15 is 0 Å². The normalized spacial score (nSPS) is 24.4. The van der Waals surface area contributed by atoms with E-state index in [9.17, 15) is 13.2 Å². The van der Waals surface area contributed by atoms with Gasteiger partial charge in [-0.2, -0.15) is 0 Å². The van der Waals surface area contributed by atoms with Crippen molar-refractivity contribution in [2.75, 3.05) is 25.1 Å². The Morgan fingerprint density at radius 3 is 2.55 bits per heavy atom. The summed E-state index contributed by atoms with van der Waals surface area (Å²) in [6.07, 6.45) is 7.00. The van der Waals surface area contributed by atoms with Gasteiger partial charge in [0.25, 0.3) is 0 Å². The molecule has 0 bridgehead atoms. The number of amides is 1. The highest BCUT2D eigenvalue weighted by atomic mass is 32.2. The van der Waals surface area contributed by atoms with E-state index in [-0.39, 0.29) is 11.6 Å². The average molecular weight is 469 g/mol. The van der Waals surface area contributed by atoms with E-state index in [2.05, 4.69) is 34.5 Å². The van der Waals surface area contributed by atoms with E-state index < -0.39 is 21.5 Å². The standard InChI is InChI=1S/C26H32N2O4S/c1-33(30,31)18-25(29)27-23-17-26(32-24-9-5-4-8-22(23)24)12-14-28(15-13-26)21-11-10-19-6-2-3-7-20(19)16-21/h2-9,21,23H,10-18H2,1H3,(H,27,29). The Morgan fingerprint density at radius 2 is 1.79 bits per heavy atom. The first-order chi connectivity index (χ1) is 15.8. The summed E-state index contributed by atoms with van der Waals surface area (Å²) >= 11 is 0. The maximum absolute atomic E-state index is 12.4. The van der Waals surface area contributed by atoms with Crippen LogP contribution in [0, 0.1) is 0 Å². The number of piperidine rings is 1. The van der Waals surface area contributed by atoms with Gasteiger partial charge in [-0.15, -0.1) is 0 Å². The number of carbonyl (C=O) groups is 1. The number of para-hydroxylation sites is 1. The van der Waals surface area contributed by atoms with Crippen molar-refractivity contribution in [3.05, 3.63) is 65.2 Å². The molecule has 2 aromatic rings. The first kappa shape index (κ1) is 22.4. The highest BCUT2D eigenvalue weighted by molar-refractivity contribution is 7.91. The highest BCUT2D eigenvalue weighted by Crippen LogP contribution is 2.44. The number of hydrogen-bond donors (Lipinski definition) is 1. The van der Waals surface area contributed by atoms with Crippen LogP contribution in [0.3, 0.4) is 0 Å². The number of nitrogens with zero attached hydrogens (tertiary/aromatic N) is 1. The lowest BCUT2D eigenvalue weighted by atomic mass is 9.79. The maximum Gasteiger partial charge on any atom is 0.235 e. The van der Waals surface area contributed by atoms with Crippen molar-refractivity contribution in [2.24, 2.45) is 0 Å². The van der Waals surface area contributed by atoms with Gasteiger partial charge in [0.2, 0.25) is 5.91 Å². The number of hydrogen-bond acceptors (Lipinski definition) is 5. The van der Waals surface area contributed by atoms with E-state index in [4.69, 9.17) is 4.74 Å². The number of sulfone groups is 1. The van der Waals surface area contributed by atoms with Crippen molar-refractivity contribution in [1.82, 2.24) is 10.2 Å². The number of carbonyl (C=O) groups excluding carboxylic acids is 1. The zero-order valence-corrected chi connectivity index (χ0v) is 19.9. The van der Waals surface area contributed by atoms with E-state index in [1.54, 1.807) is 0 Å². The Labute approximate surface area is 196 Å². The summed E-state index contributed by atoms with van der Waals surface area (Å²) < 4.78 is 29.8. The fraction of sp³-hybridized carbons (Fsp3) is 0.500. The summed E-state index contributed by atoms with van der Waals surface area (Å²) in [5.41, 5.74) is 3.56. The molecule has 1 spiro atoms. The fourth-order valence-corrected chi connectivity index (χ4v) is 6.37. The minimum absolute atomic E-state index is 0.239. The van der Waals surface area contributed by atoms with Crippen LogP contribution in [0.4, 0.5) is 0 Å². The lowest BCUT2D eigenvalue weighted by Crippen LogP contribution is -2.55. The Balaban J connectivity index is 1.28. The number of likely N-dealkylation sites (tertiary alicyclic amines) is 1. The topological polar surface area (TPSA) is 75.7 Å². The molecule has 2 aromatic carbocycles. The summed E-state index contributed by atoms with van der Waals surface area (Å²) in [4.78, 5) is 15.0. The fourth-order valence-electron chi connectivity index (χ4n) is 5.81. The van der Waals surface area contributed by atoms with Gasteiger partial charge in [-0.05, 0) is 49.3 Å². The number of fused-ring (bicyclic) bond motifs is 2. The predicted octanol–water partition coefficient (Wildman–Crippen LogP) is 3.06. The zero-order valence-electron chi connectivity index (χ0n) is 19.1. The molecule has 0 radical (unpaired) electrons. The molecule has 0 aromatic heterocycles. The smallest absolute Gasteiger partial charge is 0.235 e. The first-order valence-corrected chi connectivity index (χ1v) is 13.9. The molecular formula is C26H32N2O4S. The number of benzene rings is 2. The second-order valence-corrected chi connectivity index (χ2v) is 12.1. The molecule has 1 N–H and O–H groups in total. The van der Waals surface area contributed by atoms with Crippen LogP contribution in [-0.2, 0) is 27.5 Å². The van der Waals surface area contributed by atoms with Gasteiger partial charge in [0.05, 0.1) is 6.04 Å². The quantitative estimate of drug-likeness (QED) is 0.747. The molecular weight excluding hydrogens is 436 g/mol. The molecule has 176 valence electrons. The Kier molecular flexibility index (Phi) is 5.95. The van der Waals surface area contributed by atoms with Gasteiger partial charge in [-0.25, -0.2) is 8.42 Å². The molecule has 33 heavy (non-hydrogen) atoms. The van der Waals surface area contributed by atoms with E-state index in [0.29, 0.717) is 12.5 Å². The van der Waals surface area contributed by atoms with Crippen LogP contribution in [-0.4, -0.2) is 56.0 Å². The lowest BCUT2D eigenvalue weighted by Gasteiger charge is -2.49. The van der Waals surface area contributed by atoms with Gasteiger partial charge in [0, 0.05) is 37.4 Å². The van der Waals surface area contributed by atoms with Gasteiger partial charge >= 0.3 is 0 Å². The summed E-state index contributed by atoms with van der Waals surface area (Å²) in [6.45, 7) is 1.94. The Morgan fingerprint density at radius 1 is 1.09 bits per heavy atom. The first-order valence-electron chi connectivity index (χ1n) is 11.9. The number of rotatable bonds is 4. The molecule has 3 aliphatic rings. The Hall–Kier alpha value is -2.38. The van der Waals surface area contributed by atoms with Crippen molar-refractivity contribution in [2.45, 2.75) is 56.2 Å². The third kappa shape index (κ3) is 4.94. The van der Waals surface area contributed by atoms with Gasteiger partial charge in [0.15, 0.2) is 9.84 Å². The molecule has 2 aliphatic heterocycles. The minimum atomic E-state index is -3.38. The van der Waals surface area contributed by atoms with Gasteiger partial charge in [0.1, 0.15) is 17.1 Å². The van der Waals surface area contributed by atoms with E-state index in [1.807, 2.05) is 24.3 Å². The van der Waals surface area contributed by atoms with Crippen LogP contribution < -0.4 is 10.1 Å². The Bertz CT molecular complexity index is 1140. The SMILES string of the molecule is CS(=O)(=O)CC(=O)NC1CC2(CCN(C3CCc4ccccc4C3)CC2)Oc2ccccc21. The second-order valence-electron chi connectivity index (χ2n) is 9.92. The molecule has 1 aliphatic carbocycles. The molecule has 5 rings (SSSR count). The lowest BCUT2D eigenvalue weighted by molar-refractivity contribution is -0.120. The van der Waals surface area contributed by atoms with Crippen LogP contribution in [0.5, 0.6) is 5.75 Å². The van der Waals surface area contributed by atoms with Crippen LogP contribution in [0.15, 0.2) is 48.5 Å². The van der Waals surface area contributed by atoms with Crippen molar-refractivity contribution in [3.63, 3.8) is 0 Å². The molecule has 2 atom stereocenters. The third-order valence-electron chi connectivity index (χ3n) is 7.47. The summed E-state index contributed by atoms with van der Waals surface area (Å²) in [6, 6.07) is 16.9. The van der Waals surface area contributed by atoms with Crippen LogP contribution in [0.25, 0.3) is 0 Å². The molecule has 1 saturated heterocycles. The maximum atomic E-state index is 12.4. The molecule has 2 unspecified atom stereocenters. The monoisotopic (exact) mass is 468 g/mol. The third-order valence-corrected chi connectivity index (χ3v) is 8.26. The summed E-state index contributed by atoms with van der Waals surface area (Å²) in [7, 11) is -3.38. The molecule has 2 heterocycles. The van der Waals surface area contributed by atoms with E-state index in [0.717, 1.165) is 56.3 Å². The van der Waals surface area contributed by atoms with Gasteiger partial charge in [-0.3, -0.25) is 9.69 Å². The minimum Gasteiger partial charge on any atom is -0.487 e. The van der Waals surface area contributed by atoms with Crippen LogP contribution in [0.2, 0.25) is 0 Å². The van der Waals surface area contributed by atoms with Crippen molar-refractivity contribution in [1.29, 1.82) is 0 Å². The molecule has 1 amide bonds. The zero-order chi connectivity index (χ0) is 23.1. The van der Waals surface area contributed by atoms with Gasteiger partial charge in [-0.1, -0.05) is 42.5 Å². The van der Waals surface area contributed by atoms with Crippen LogP contribution >= 0.6 is 0 Å². The van der Waals surface area contributed by atoms with Crippen LogP contribution in [0.1, 0.15) is 48.4 Å². The van der Waals surface area contributed by atoms with E-state index in [1.165, 1.54) is 17.5 Å². The highest BCUT2D eigenvalue weighted by Gasteiger charge is 2.44. The van der Waals surface area contributed by atoms with Gasteiger partial charge < -0.3 is 10.1 Å². The molecule has 1 fully saturated rings. The van der Waals surface area contributed by atoms with Crippen molar-refractivity contribution in [3.8, 4) is 5.75 Å². The average Bonchev–Trinajstić information content (AvgIpc) is 2.78. The molecule has 6 nitrogen and oxygen atoms in total.